The molecule has 0 heterocycles. The van der Waals surface area contributed by atoms with Gasteiger partial charge >= 0.3 is 5.97 Å². The second-order valence-corrected chi connectivity index (χ2v) is 4.62. The number of methoxy groups -OCH3 is 1. The first kappa shape index (κ1) is 14.6. The summed E-state index contributed by atoms with van der Waals surface area (Å²) in [6.45, 7) is 6.03. The molecule has 1 rings (SSSR count). The Hall–Kier alpha value is -1.51. The highest BCUT2D eigenvalue weighted by Gasteiger charge is 2.27. The molecule has 3 heteroatoms. The molecule has 1 aromatic carbocycles. The second-order valence-electron chi connectivity index (χ2n) is 4.62. The van der Waals surface area contributed by atoms with E-state index in [2.05, 4.69) is 0 Å². The maximum absolute atomic E-state index is 11.5. The summed E-state index contributed by atoms with van der Waals surface area (Å²) in [5, 5.41) is 9.45. The topological polar surface area (TPSA) is 46.5 Å². The molecule has 0 spiro atoms. The lowest BCUT2D eigenvalue weighted by Gasteiger charge is -2.22. The third-order valence-electron chi connectivity index (χ3n) is 3.58. The summed E-state index contributed by atoms with van der Waals surface area (Å²) in [5.74, 6) is -0.288. The van der Waals surface area contributed by atoms with E-state index < -0.39 is 11.9 Å². The predicted octanol–water partition coefficient (Wildman–Crippen LogP) is 3.61. The Morgan fingerprint density at radius 2 is 1.94 bits per heavy atom. The molecule has 1 unspecified atom stereocenters. The summed E-state index contributed by atoms with van der Waals surface area (Å²) in [6, 6.07) is 5.67. The monoisotopic (exact) mass is 250 g/mol. The van der Waals surface area contributed by atoms with Crippen LogP contribution in [-0.2, 0) is 4.79 Å². The van der Waals surface area contributed by atoms with Crippen molar-refractivity contribution in [2.24, 2.45) is 5.92 Å². The second kappa shape index (κ2) is 6.43. The highest BCUT2D eigenvalue weighted by molar-refractivity contribution is 5.76. The zero-order chi connectivity index (χ0) is 13.7. The van der Waals surface area contributed by atoms with Crippen molar-refractivity contribution in [3.05, 3.63) is 29.3 Å². The first-order chi connectivity index (χ1) is 8.54. The molecule has 0 bridgehead atoms. The molecule has 0 saturated carbocycles. The van der Waals surface area contributed by atoms with Gasteiger partial charge in [0.2, 0.25) is 0 Å². The van der Waals surface area contributed by atoms with Gasteiger partial charge in [-0.2, -0.15) is 0 Å². The number of benzene rings is 1. The third kappa shape index (κ3) is 3.03. The minimum Gasteiger partial charge on any atom is -0.496 e. The molecule has 0 saturated heterocycles. The molecule has 0 aliphatic heterocycles. The van der Waals surface area contributed by atoms with E-state index >= 15 is 0 Å². The van der Waals surface area contributed by atoms with Gasteiger partial charge in [-0.25, -0.2) is 0 Å². The summed E-state index contributed by atoms with van der Waals surface area (Å²) in [7, 11) is 1.61. The van der Waals surface area contributed by atoms with Crippen LogP contribution in [0, 0.1) is 12.8 Å². The van der Waals surface area contributed by atoms with Gasteiger partial charge in [-0.3, -0.25) is 4.79 Å². The van der Waals surface area contributed by atoms with Crippen molar-refractivity contribution in [2.45, 2.75) is 39.5 Å². The lowest BCUT2D eigenvalue weighted by atomic mass is 9.82. The molecule has 0 aromatic heterocycles. The average molecular weight is 250 g/mol. The van der Waals surface area contributed by atoms with E-state index in [1.54, 1.807) is 7.11 Å². The zero-order valence-corrected chi connectivity index (χ0v) is 11.6. The smallest absolute Gasteiger partial charge is 0.311 e. The van der Waals surface area contributed by atoms with Crippen molar-refractivity contribution >= 4 is 5.97 Å². The van der Waals surface area contributed by atoms with Gasteiger partial charge in [0, 0.05) is 0 Å². The minimum atomic E-state index is -0.755. The van der Waals surface area contributed by atoms with Crippen LogP contribution in [0.3, 0.4) is 0 Å². The number of rotatable bonds is 6. The summed E-state index contributed by atoms with van der Waals surface area (Å²) >= 11 is 0. The van der Waals surface area contributed by atoms with E-state index in [0.717, 1.165) is 29.7 Å². The van der Waals surface area contributed by atoms with Crippen molar-refractivity contribution in [2.75, 3.05) is 7.11 Å². The number of carboxylic acids is 1. The van der Waals surface area contributed by atoms with Crippen molar-refractivity contribution < 1.29 is 14.6 Å². The Balaban J connectivity index is 3.17. The summed E-state index contributed by atoms with van der Waals surface area (Å²) in [6.07, 6.45) is 1.73. The number of aliphatic carboxylic acids is 1. The molecule has 0 amide bonds. The van der Waals surface area contributed by atoms with Crippen molar-refractivity contribution in [3.8, 4) is 5.75 Å². The van der Waals surface area contributed by atoms with Crippen LogP contribution in [-0.4, -0.2) is 18.2 Å². The van der Waals surface area contributed by atoms with Crippen LogP contribution in [0.5, 0.6) is 5.75 Å². The molecule has 1 atom stereocenters. The highest BCUT2D eigenvalue weighted by Crippen LogP contribution is 2.32. The molecule has 3 nitrogen and oxygen atoms in total. The summed E-state index contributed by atoms with van der Waals surface area (Å²) < 4.78 is 5.27. The largest absolute Gasteiger partial charge is 0.496 e. The fourth-order valence-electron chi connectivity index (χ4n) is 2.41. The standard InChI is InChI=1S/C15H22O3/c1-5-11(6-2)14(15(16)17)12-8-7-10(3)13(9-12)18-4/h7-9,11,14H,5-6H2,1-4H3,(H,16,17). The minimum absolute atomic E-state index is 0.162. The molecule has 1 aromatic rings. The van der Waals surface area contributed by atoms with Crippen LogP contribution in [0.15, 0.2) is 18.2 Å². The van der Waals surface area contributed by atoms with E-state index in [-0.39, 0.29) is 5.92 Å². The lowest BCUT2D eigenvalue weighted by Crippen LogP contribution is -2.20. The van der Waals surface area contributed by atoms with Crippen LogP contribution < -0.4 is 4.74 Å². The van der Waals surface area contributed by atoms with Gasteiger partial charge in [0.15, 0.2) is 0 Å². The number of hydrogen-bond donors (Lipinski definition) is 1. The van der Waals surface area contributed by atoms with E-state index in [4.69, 9.17) is 4.74 Å². The van der Waals surface area contributed by atoms with Crippen LogP contribution in [0.1, 0.15) is 43.7 Å². The Morgan fingerprint density at radius 3 is 2.39 bits per heavy atom. The van der Waals surface area contributed by atoms with E-state index in [1.165, 1.54) is 0 Å². The first-order valence-electron chi connectivity index (χ1n) is 6.42. The molecule has 1 N–H and O–H groups in total. The quantitative estimate of drug-likeness (QED) is 0.839. The lowest BCUT2D eigenvalue weighted by molar-refractivity contribution is -0.140. The highest BCUT2D eigenvalue weighted by atomic mass is 16.5. The molecule has 0 radical (unpaired) electrons. The zero-order valence-electron chi connectivity index (χ0n) is 11.6. The van der Waals surface area contributed by atoms with Gasteiger partial charge in [-0.15, -0.1) is 0 Å². The summed E-state index contributed by atoms with van der Waals surface area (Å²) in [5.41, 5.74) is 1.86. The summed E-state index contributed by atoms with van der Waals surface area (Å²) in [4.78, 5) is 11.5. The molecule has 0 fully saturated rings. The van der Waals surface area contributed by atoms with E-state index in [1.807, 2.05) is 39.0 Å². The van der Waals surface area contributed by atoms with Crippen LogP contribution in [0.2, 0.25) is 0 Å². The maximum atomic E-state index is 11.5. The fourth-order valence-corrected chi connectivity index (χ4v) is 2.41. The third-order valence-corrected chi connectivity index (χ3v) is 3.58. The molecule has 100 valence electrons. The Bertz CT molecular complexity index is 408. The van der Waals surface area contributed by atoms with Gasteiger partial charge in [0.1, 0.15) is 5.75 Å². The number of aryl methyl sites for hydroxylation is 1. The van der Waals surface area contributed by atoms with Crippen molar-refractivity contribution in [1.29, 1.82) is 0 Å². The SMILES string of the molecule is CCC(CC)C(C(=O)O)c1ccc(C)c(OC)c1. The molecular weight excluding hydrogens is 228 g/mol. The molecular formula is C15H22O3. The van der Waals surface area contributed by atoms with Gasteiger partial charge < -0.3 is 9.84 Å². The van der Waals surface area contributed by atoms with Crippen molar-refractivity contribution in [3.63, 3.8) is 0 Å². The van der Waals surface area contributed by atoms with Crippen LogP contribution in [0.4, 0.5) is 0 Å². The van der Waals surface area contributed by atoms with Crippen LogP contribution in [0.25, 0.3) is 0 Å². The van der Waals surface area contributed by atoms with Gasteiger partial charge in [0.25, 0.3) is 0 Å². The first-order valence-corrected chi connectivity index (χ1v) is 6.42. The van der Waals surface area contributed by atoms with Gasteiger partial charge in [-0.1, -0.05) is 38.8 Å². The van der Waals surface area contributed by atoms with Gasteiger partial charge in [0.05, 0.1) is 13.0 Å². The maximum Gasteiger partial charge on any atom is 0.311 e. The normalized spacial score (nSPS) is 12.5. The number of ether oxygens (including phenoxy) is 1. The Kier molecular flexibility index (Phi) is 5.20. The molecule has 0 aliphatic carbocycles. The Morgan fingerprint density at radius 1 is 1.33 bits per heavy atom. The van der Waals surface area contributed by atoms with E-state index in [0.29, 0.717) is 0 Å². The fraction of sp³-hybridized carbons (Fsp3) is 0.533. The average Bonchev–Trinajstić information content (AvgIpc) is 2.36. The number of carboxylic acid groups (broad SMARTS) is 1. The molecule has 18 heavy (non-hydrogen) atoms. The van der Waals surface area contributed by atoms with Crippen molar-refractivity contribution in [1.82, 2.24) is 0 Å². The number of carbonyl (C=O) groups is 1. The van der Waals surface area contributed by atoms with Gasteiger partial charge in [-0.05, 0) is 30.0 Å². The Labute approximate surface area is 109 Å². The van der Waals surface area contributed by atoms with Crippen LogP contribution >= 0.6 is 0 Å². The van der Waals surface area contributed by atoms with E-state index in [9.17, 15) is 9.90 Å². The number of hydrogen-bond acceptors (Lipinski definition) is 2. The molecule has 0 aliphatic rings. The predicted molar refractivity (Wildman–Crippen MR) is 72.2 cm³/mol.